The Hall–Kier alpha value is -3.79. The summed E-state index contributed by atoms with van der Waals surface area (Å²) in [6.45, 7) is 7.98. The number of amides is 1. The van der Waals surface area contributed by atoms with Crippen molar-refractivity contribution >= 4 is 17.7 Å². The molecule has 0 aliphatic rings. The number of carbonyl (C=O) groups is 2. The average molecular weight is 467 g/mol. The van der Waals surface area contributed by atoms with Crippen LogP contribution in [0.3, 0.4) is 0 Å². The number of ether oxygens (including phenoxy) is 2. The molecule has 2 aromatic carbocycles. The van der Waals surface area contributed by atoms with Crippen LogP contribution in [0.5, 0.6) is 0 Å². The van der Waals surface area contributed by atoms with Crippen molar-refractivity contribution < 1.29 is 19.1 Å². The molecule has 0 saturated heterocycles. The standard InChI is InChI=1S/C24H30N6O4/c1-5-33-22(31)20(21-27-28-29-30(21)16-17-11-7-6-8-12-17)25-15-18-13-9-10-14-19(18)26-23(32)34-24(2,3)4/h6-14,20,25H,5,15-16H2,1-4H3,(H,26,32). The fourth-order valence-corrected chi connectivity index (χ4v) is 3.21. The normalized spacial score (nSPS) is 12.1. The molecule has 0 aliphatic heterocycles. The maximum atomic E-state index is 12.8. The van der Waals surface area contributed by atoms with Gasteiger partial charge in [-0.15, -0.1) is 5.10 Å². The average Bonchev–Trinajstić information content (AvgIpc) is 3.22. The topological polar surface area (TPSA) is 120 Å². The highest BCUT2D eigenvalue weighted by molar-refractivity contribution is 5.86. The number of esters is 1. The first kappa shape index (κ1) is 24.8. The van der Waals surface area contributed by atoms with Gasteiger partial charge in [-0.25, -0.2) is 14.3 Å². The second-order valence-corrected chi connectivity index (χ2v) is 8.53. The highest BCUT2D eigenvalue weighted by Crippen LogP contribution is 2.20. The van der Waals surface area contributed by atoms with E-state index in [1.165, 1.54) is 0 Å². The van der Waals surface area contributed by atoms with Crippen LogP contribution in [-0.2, 0) is 27.4 Å². The van der Waals surface area contributed by atoms with Gasteiger partial charge in [-0.1, -0.05) is 48.5 Å². The summed E-state index contributed by atoms with van der Waals surface area (Å²) < 4.78 is 12.2. The number of anilines is 1. The SMILES string of the molecule is CCOC(=O)C(NCc1ccccc1NC(=O)OC(C)(C)C)c1nnnn1Cc1ccccc1. The zero-order valence-corrected chi connectivity index (χ0v) is 19.8. The molecule has 0 spiro atoms. The molecule has 34 heavy (non-hydrogen) atoms. The molecule has 1 unspecified atom stereocenters. The first-order chi connectivity index (χ1) is 16.3. The fourth-order valence-electron chi connectivity index (χ4n) is 3.21. The Bertz CT molecular complexity index is 1090. The predicted octanol–water partition coefficient (Wildman–Crippen LogP) is 3.46. The lowest BCUT2D eigenvalue weighted by molar-refractivity contribution is -0.146. The quantitative estimate of drug-likeness (QED) is 0.460. The van der Waals surface area contributed by atoms with Crippen LogP contribution in [0.25, 0.3) is 0 Å². The van der Waals surface area contributed by atoms with E-state index < -0.39 is 23.7 Å². The number of para-hydroxylation sites is 1. The van der Waals surface area contributed by atoms with Gasteiger partial charge in [0.1, 0.15) is 5.60 Å². The van der Waals surface area contributed by atoms with Crippen LogP contribution in [0, 0.1) is 0 Å². The summed E-state index contributed by atoms with van der Waals surface area (Å²) in [5, 5.41) is 17.9. The van der Waals surface area contributed by atoms with E-state index in [0.29, 0.717) is 18.1 Å². The van der Waals surface area contributed by atoms with E-state index in [1.54, 1.807) is 44.5 Å². The van der Waals surface area contributed by atoms with Gasteiger partial charge in [0.05, 0.1) is 13.2 Å². The molecule has 10 nitrogen and oxygen atoms in total. The van der Waals surface area contributed by atoms with Crippen LogP contribution in [0.15, 0.2) is 54.6 Å². The maximum absolute atomic E-state index is 12.8. The van der Waals surface area contributed by atoms with E-state index in [4.69, 9.17) is 9.47 Å². The van der Waals surface area contributed by atoms with Crippen molar-refractivity contribution in [2.75, 3.05) is 11.9 Å². The number of hydrogen-bond donors (Lipinski definition) is 2. The molecule has 2 N–H and O–H groups in total. The van der Waals surface area contributed by atoms with Gasteiger partial charge < -0.3 is 9.47 Å². The minimum Gasteiger partial charge on any atom is -0.464 e. The molecule has 1 heterocycles. The molecule has 180 valence electrons. The third kappa shape index (κ3) is 7.11. The third-order valence-corrected chi connectivity index (χ3v) is 4.66. The summed E-state index contributed by atoms with van der Waals surface area (Å²) in [7, 11) is 0. The molecule has 1 atom stereocenters. The summed E-state index contributed by atoms with van der Waals surface area (Å²) in [5.74, 6) is -0.163. The van der Waals surface area contributed by atoms with Crippen LogP contribution in [-0.4, -0.2) is 44.5 Å². The molecule has 3 aromatic rings. The number of rotatable bonds is 9. The number of aromatic nitrogens is 4. The predicted molar refractivity (Wildman–Crippen MR) is 126 cm³/mol. The van der Waals surface area contributed by atoms with Gasteiger partial charge >= 0.3 is 12.1 Å². The molecule has 3 rings (SSSR count). The summed E-state index contributed by atoms with van der Waals surface area (Å²) >= 11 is 0. The van der Waals surface area contributed by atoms with Gasteiger partial charge in [0.2, 0.25) is 0 Å². The minimum absolute atomic E-state index is 0.216. The zero-order chi connectivity index (χ0) is 24.6. The summed E-state index contributed by atoms with van der Waals surface area (Å²) in [4.78, 5) is 25.1. The number of benzene rings is 2. The van der Waals surface area contributed by atoms with Gasteiger partial charge in [0.25, 0.3) is 0 Å². The van der Waals surface area contributed by atoms with Gasteiger partial charge in [0.15, 0.2) is 11.9 Å². The Kier molecular flexibility index (Phi) is 8.31. The number of hydrogen-bond acceptors (Lipinski definition) is 8. The van der Waals surface area contributed by atoms with Crippen molar-refractivity contribution in [1.82, 2.24) is 25.5 Å². The first-order valence-corrected chi connectivity index (χ1v) is 11.0. The molecule has 1 amide bonds. The van der Waals surface area contributed by atoms with Gasteiger partial charge in [-0.3, -0.25) is 10.6 Å². The molecular formula is C24H30N6O4. The van der Waals surface area contributed by atoms with E-state index in [-0.39, 0.29) is 13.2 Å². The summed E-state index contributed by atoms with van der Waals surface area (Å²) in [6, 6.07) is 16.0. The van der Waals surface area contributed by atoms with E-state index in [1.807, 2.05) is 42.5 Å². The first-order valence-electron chi connectivity index (χ1n) is 11.0. The molecule has 10 heteroatoms. The van der Waals surface area contributed by atoms with Crippen LogP contribution < -0.4 is 10.6 Å². The minimum atomic E-state index is -0.909. The van der Waals surface area contributed by atoms with E-state index in [9.17, 15) is 9.59 Å². The number of nitrogens with zero attached hydrogens (tertiary/aromatic N) is 4. The Morgan fingerprint density at radius 3 is 2.47 bits per heavy atom. The lowest BCUT2D eigenvalue weighted by atomic mass is 10.1. The molecule has 0 radical (unpaired) electrons. The molecule has 0 bridgehead atoms. The van der Waals surface area contributed by atoms with Crippen LogP contribution in [0.4, 0.5) is 10.5 Å². The Morgan fingerprint density at radius 1 is 1.06 bits per heavy atom. The summed E-state index contributed by atoms with van der Waals surface area (Å²) in [6.07, 6.45) is -0.561. The van der Waals surface area contributed by atoms with Gasteiger partial charge in [-0.2, -0.15) is 0 Å². The largest absolute Gasteiger partial charge is 0.464 e. The maximum Gasteiger partial charge on any atom is 0.412 e. The van der Waals surface area contributed by atoms with Crippen molar-refractivity contribution in [3.63, 3.8) is 0 Å². The number of nitrogens with one attached hydrogen (secondary N) is 2. The van der Waals surface area contributed by atoms with E-state index >= 15 is 0 Å². The van der Waals surface area contributed by atoms with E-state index in [0.717, 1.165) is 11.1 Å². The second kappa shape index (κ2) is 11.4. The Balaban J connectivity index is 1.79. The van der Waals surface area contributed by atoms with Crippen LogP contribution in [0.2, 0.25) is 0 Å². The Labute approximate surface area is 198 Å². The van der Waals surface area contributed by atoms with E-state index in [2.05, 4.69) is 26.2 Å². The molecular weight excluding hydrogens is 436 g/mol. The van der Waals surface area contributed by atoms with Crippen molar-refractivity contribution in [2.24, 2.45) is 0 Å². The molecule has 1 aromatic heterocycles. The third-order valence-electron chi connectivity index (χ3n) is 4.66. The lowest BCUT2D eigenvalue weighted by Crippen LogP contribution is -2.33. The highest BCUT2D eigenvalue weighted by Gasteiger charge is 2.28. The second-order valence-electron chi connectivity index (χ2n) is 8.53. The highest BCUT2D eigenvalue weighted by atomic mass is 16.6. The smallest absolute Gasteiger partial charge is 0.412 e. The van der Waals surface area contributed by atoms with Crippen molar-refractivity contribution in [1.29, 1.82) is 0 Å². The molecule has 0 saturated carbocycles. The van der Waals surface area contributed by atoms with Gasteiger partial charge in [-0.05, 0) is 55.3 Å². The Morgan fingerprint density at radius 2 is 1.76 bits per heavy atom. The van der Waals surface area contributed by atoms with Crippen LogP contribution in [0.1, 0.15) is 50.7 Å². The zero-order valence-electron chi connectivity index (χ0n) is 19.8. The van der Waals surface area contributed by atoms with Crippen molar-refractivity contribution in [3.8, 4) is 0 Å². The summed E-state index contributed by atoms with van der Waals surface area (Å²) in [5.41, 5.74) is 1.69. The van der Waals surface area contributed by atoms with Crippen molar-refractivity contribution in [2.45, 2.75) is 52.4 Å². The van der Waals surface area contributed by atoms with Crippen LogP contribution >= 0.6 is 0 Å². The van der Waals surface area contributed by atoms with Crippen molar-refractivity contribution in [3.05, 3.63) is 71.5 Å². The molecule has 0 aliphatic carbocycles. The fraction of sp³-hybridized carbons (Fsp3) is 0.375. The lowest BCUT2D eigenvalue weighted by Gasteiger charge is -2.21. The van der Waals surface area contributed by atoms with Gasteiger partial charge in [0, 0.05) is 12.2 Å². The number of tetrazole rings is 1. The number of carbonyl (C=O) groups excluding carboxylic acids is 2. The monoisotopic (exact) mass is 466 g/mol. The molecule has 0 fully saturated rings.